The first-order valence-corrected chi connectivity index (χ1v) is 9.89. The van der Waals surface area contributed by atoms with Crippen LogP contribution in [-0.4, -0.2) is 36.6 Å². The number of carbonyl (C=O) groups excluding carboxylic acids is 1. The van der Waals surface area contributed by atoms with Gasteiger partial charge in [0, 0.05) is 18.3 Å². The van der Waals surface area contributed by atoms with Crippen LogP contribution in [-0.2, 0) is 6.42 Å². The van der Waals surface area contributed by atoms with E-state index in [4.69, 9.17) is 9.47 Å². The molecule has 2 aromatic heterocycles. The zero-order chi connectivity index (χ0) is 19.7. The van der Waals surface area contributed by atoms with Gasteiger partial charge in [-0.2, -0.15) is 0 Å². The van der Waals surface area contributed by atoms with Crippen molar-refractivity contribution in [2.24, 2.45) is 0 Å². The average molecular weight is 395 g/mol. The number of ether oxygens (including phenoxy) is 2. The molecule has 3 heterocycles. The summed E-state index contributed by atoms with van der Waals surface area (Å²) in [6.07, 6.45) is 3.59. The van der Waals surface area contributed by atoms with Crippen LogP contribution in [0.25, 0.3) is 10.6 Å². The fourth-order valence-electron chi connectivity index (χ4n) is 3.41. The van der Waals surface area contributed by atoms with Crippen LogP contribution in [0.5, 0.6) is 11.5 Å². The Morgan fingerprint density at radius 2 is 2.00 bits per heavy atom. The Labute approximate surface area is 167 Å². The first kappa shape index (κ1) is 18.4. The van der Waals surface area contributed by atoms with Gasteiger partial charge < -0.3 is 14.4 Å². The molecule has 6 nitrogen and oxygen atoms in total. The van der Waals surface area contributed by atoms with Crippen LogP contribution in [0.3, 0.4) is 0 Å². The number of nitrogens with zero attached hydrogens (tertiary/aromatic N) is 3. The van der Waals surface area contributed by atoms with E-state index in [1.54, 1.807) is 20.4 Å². The summed E-state index contributed by atoms with van der Waals surface area (Å²) in [5.74, 6) is 1.28. The second kappa shape index (κ2) is 7.59. The molecule has 1 aromatic carbocycles. The van der Waals surface area contributed by atoms with E-state index < -0.39 is 0 Å². The van der Waals surface area contributed by atoms with E-state index in [1.165, 1.54) is 11.3 Å². The van der Waals surface area contributed by atoms with Gasteiger partial charge in [0.15, 0.2) is 11.5 Å². The normalized spacial score (nSPS) is 13.2. The quantitative estimate of drug-likeness (QED) is 0.665. The number of amides is 1. The average Bonchev–Trinajstić information content (AvgIpc) is 3.13. The topological polar surface area (TPSA) is 64.5 Å². The first-order chi connectivity index (χ1) is 13.6. The van der Waals surface area contributed by atoms with Gasteiger partial charge in [-0.3, -0.25) is 9.78 Å². The Hall–Kier alpha value is -2.93. The Bertz CT molecular complexity index is 1030. The molecule has 0 radical (unpaired) electrons. The summed E-state index contributed by atoms with van der Waals surface area (Å²) >= 11 is 1.40. The van der Waals surface area contributed by atoms with Gasteiger partial charge in [0.2, 0.25) is 0 Å². The molecule has 3 aromatic rings. The zero-order valence-electron chi connectivity index (χ0n) is 16.1. The molecular formula is C21H21N3O3S. The van der Waals surface area contributed by atoms with E-state index in [-0.39, 0.29) is 5.91 Å². The molecule has 1 amide bonds. The standard InChI is InChI=1S/C21H21N3O3S/c1-13-19(21(25)24-11-5-6-15-16(24)7-4-10-22-15)28-20(23-13)14-8-9-17(26-2)18(12-14)27-3/h4,7-10,12H,5-6,11H2,1-3H3. The highest BCUT2D eigenvalue weighted by atomic mass is 32.1. The van der Waals surface area contributed by atoms with Crippen LogP contribution in [0, 0.1) is 6.92 Å². The molecule has 0 atom stereocenters. The molecule has 28 heavy (non-hydrogen) atoms. The van der Waals surface area contributed by atoms with Crippen molar-refractivity contribution in [2.75, 3.05) is 25.7 Å². The number of aromatic nitrogens is 2. The van der Waals surface area contributed by atoms with Crippen LogP contribution in [0.4, 0.5) is 5.69 Å². The lowest BCUT2D eigenvalue weighted by Crippen LogP contribution is -2.35. The Morgan fingerprint density at radius 3 is 2.79 bits per heavy atom. The third kappa shape index (κ3) is 3.22. The molecule has 0 saturated carbocycles. The molecular weight excluding hydrogens is 374 g/mol. The number of pyridine rings is 1. The minimum Gasteiger partial charge on any atom is -0.493 e. The number of methoxy groups -OCH3 is 2. The van der Waals surface area contributed by atoms with Crippen molar-refractivity contribution in [3.05, 3.63) is 52.8 Å². The van der Waals surface area contributed by atoms with Gasteiger partial charge >= 0.3 is 0 Å². The van der Waals surface area contributed by atoms with Crippen LogP contribution in [0.2, 0.25) is 0 Å². The number of anilines is 1. The van der Waals surface area contributed by atoms with Gasteiger partial charge in [-0.15, -0.1) is 11.3 Å². The van der Waals surface area contributed by atoms with Gasteiger partial charge in [-0.05, 0) is 50.1 Å². The van der Waals surface area contributed by atoms with E-state index in [9.17, 15) is 4.79 Å². The molecule has 0 unspecified atom stereocenters. The van der Waals surface area contributed by atoms with Crippen molar-refractivity contribution in [1.82, 2.24) is 9.97 Å². The van der Waals surface area contributed by atoms with Crippen molar-refractivity contribution in [2.45, 2.75) is 19.8 Å². The third-order valence-corrected chi connectivity index (χ3v) is 6.01. The van der Waals surface area contributed by atoms with E-state index in [0.717, 1.165) is 40.5 Å². The van der Waals surface area contributed by atoms with Crippen molar-refractivity contribution >= 4 is 22.9 Å². The molecule has 4 rings (SSSR count). The van der Waals surface area contributed by atoms with Gasteiger partial charge in [0.25, 0.3) is 5.91 Å². The van der Waals surface area contributed by atoms with Crippen LogP contribution < -0.4 is 14.4 Å². The van der Waals surface area contributed by atoms with E-state index in [2.05, 4.69) is 9.97 Å². The molecule has 1 aliphatic heterocycles. The molecule has 0 spiro atoms. The van der Waals surface area contributed by atoms with Crippen molar-refractivity contribution in [3.8, 4) is 22.1 Å². The predicted octanol–water partition coefficient (Wildman–Crippen LogP) is 4.12. The number of rotatable bonds is 4. The molecule has 7 heteroatoms. The highest BCUT2D eigenvalue weighted by Crippen LogP contribution is 2.36. The summed E-state index contributed by atoms with van der Waals surface area (Å²) in [6.45, 7) is 2.57. The third-order valence-electron chi connectivity index (χ3n) is 4.82. The van der Waals surface area contributed by atoms with E-state index in [1.807, 2.05) is 42.2 Å². The first-order valence-electron chi connectivity index (χ1n) is 9.08. The lowest BCUT2D eigenvalue weighted by molar-refractivity contribution is 0.0988. The van der Waals surface area contributed by atoms with Gasteiger partial charge in [0.05, 0.1) is 31.3 Å². The number of thiazole rings is 1. The fourth-order valence-corrected chi connectivity index (χ4v) is 4.43. The Balaban J connectivity index is 1.68. The molecule has 0 bridgehead atoms. The number of benzene rings is 1. The van der Waals surface area contributed by atoms with Gasteiger partial charge in [-0.25, -0.2) is 4.98 Å². The summed E-state index contributed by atoms with van der Waals surface area (Å²) in [5, 5.41) is 0.783. The number of hydrogen-bond donors (Lipinski definition) is 0. The monoisotopic (exact) mass is 395 g/mol. The summed E-state index contributed by atoms with van der Waals surface area (Å²) in [7, 11) is 3.21. The van der Waals surface area contributed by atoms with Crippen molar-refractivity contribution in [3.63, 3.8) is 0 Å². The molecule has 0 aliphatic carbocycles. The van der Waals surface area contributed by atoms with E-state index in [0.29, 0.717) is 22.9 Å². The smallest absolute Gasteiger partial charge is 0.270 e. The largest absolute Gasteiger partial charge is 0.493 e. The molecule has 0 N–H and O–H groups in total. The predicted molar refractivity (Wildman–Crippen MR) is 110 cm³/mol. The number of aryl methyl sites for hydroxylation is 2. The fraction of sp³-hybridized carbons (Fsp3) is 0.286. The second-order valence-electron chi connectivity index (χ2n) is 6.53. The minimum atomic E-state index is -0.0179. The summed E-state index contributed by atoms with van der Waals surface area (Å²) in [5.41, 5.74) is 3.50. The lowest BCUT2D eigenvalue weighted by Gasteiger charge is -2.28. The molecule has 1 aliphatic rings. The summed E-state index contributed by atoms with van der Waals surface area (Å²) in [6, 6.07) is 9.49. The summed E-state index contributed by atoms with van der Waals surface area (Å²) < 4.78 is 10.7. The van der Waals surface area contributed by atoms with Gasteiger partial charge in [-0.1, -0.05) is 0 Å². The van der Waals surface area contributed by atoms with Crippen LogP contribution in [0.15, 0.2) is 36.5 Å². The molecule has 0 saturated heterocycles. The maximum absolute atomic E-state index is 13.3. The van der Waals surface area contributed by atoms with E-state index >= 15 is 0 Å². The molecule has 0 fully saturated rings. The minimum absolute atomic E-state index is 0.0179. The second-order valence-corrected chi connectivity index (χ2v) is 7.53. The Kier molecular flexibility index (Phi) is 5.00. The number of hydrogen-bond acceptors (Lipinski definition) is 6. The highest BCUT2D eigenvalue weighted by molar-refractivity contribution is 7.17. The van der Waals surface area contributed by atoms with Gasteiger partial charge in [0.1, 0.15) is 9.88 Å². The Morgan fingerprint density at radius 1 is 1.18 bits per heavy atom. The maximum Gasteiger partial charge on any atom is 0.270 e. The van der Waals surface area contributed by atoms with Crippen LogP contribution in [0.1, 0.15) is 27.5 Å². The van der Waals surface area contributed by atoms with Crippen molar-refractivity contribution in [1.29, 1.82) is 0 Å². The van der Waals surface area contributed by atoms with Crippen LogP contribution >= 0.6 is 11.3 Å². The highest BCUT2D eigenvalue weighted by Gasteiger charge is 2.27. The summed E-state index contributed by atoms with van der Waals surface area (Å²) in [4.78, 5) is 24.8. The SMILES string of the molecule is COc1ccc(-c2nc(C)c(C(=O)N3CCCc4ncccc43)s2)cc1OC. The number of fused-ring (bicyclic) bond motifs is 1. The number of carbonyl (C=O) groups is 1. The lowest BCUT2D eigenvalue weighted by atomic mass is 10.1. The molecule has 144 valence electrons. The van der Waals surface area contributed by atoms with Crippen molar-refractivity contribution < 1.29 is 14.3 Å². The maximum atomic E-state index is 13.3. The zero-order valence-corrected chi connectivity index (χ0v) is 16.9.